The third-order valence-corrected chi connectivity index (χ3v) is 8.48. The summed E-state index contributed by atoms with van der Waals surface area (Å²) in [5, 5.41) is 20.8. The molecule has 0 aliphatic rings. The monoisotopic (exact) mass is 638 g/mol. The number of nitrogens with zero attached hydrogens (tertiary/aromatic N) is 6. The number of benzene rings is 6. The van der Waals surface area contributed by atoms with Gasteiger partial charge in [0.15, 0.2) is 0 Å². The molecule has 0 N–H and O–H groups in total. The topological polar surface area (TPSA) is 81.1 Å². The fourth-order valence-corrected chi connectivity index (χ4v) is 6.20. The Morgan fingerprint density at radius 3 is 1.00 bits per heavy atom. The van der Waals surface area contributed by atoms with Gasteiger partial charge in [-0.3, -0.25) is 0 Å². The molecule has 9 nitrogen and oxygen atoms in total. The van der Waals surface area contributed by atoms with Gasteiger partial charge in [-0.05, 0) is 50.5 Å². The maximum Gasteiger partial charge on any atom is 0.929 e. The van der Waals surface area contributed by atoms with Gasteiger partial charge in [-0.2, -0.15) is 0 Å². The van der Waals surface area contributed by atoms with Crippen molar-refractivity contribution in [2.45, 2.75) is 0 Å². The van der Waals surface area contributed by atoms with E-state index in [1.54, 1.807) is 18.6 Å². The van der Waals surface area contributed by atoms with Crippen LogP contribution in [0.2, 0.25) is 0 Å². The van der Waals surface area contributed by atoms with Crippen molar-refractivity contribution in [3.63, 3.8) is 0 Å². The Kier molecular flexibility index (Phi) is 7.01. The van der Waals surface area contributed by atoms with Crippen LogP contribution in [0.3, 0.4) is 0 Å². The first kappa shape index (κ1) is 28.4. The molecule has 0 amide bonds. The number of hydrogen-bond donors (Lipinski definition) is 0. The molecule has 0 fully saturated rings. The number of hydrogen-bond acceptors (Lipinski definition) is 6. The molecule has 0 unspecified atom stereocenters. The lowest BCUT2D eigenvalue weighted by Crippen LogP contribution is -2.49. The molecular formula is C39H27BN6O3. The minimum absolute atomic E-state index is 0.741. The van der Waals surface area contributed by atoms with Crippen LogP contribution in [0.4, 0.5) is 0 Å². The zero-order chi connectivity index (χ0) is 32.6. The lowest BCUT2D eigenvalue weighted by molar-refractivity contribution is 0.0406. The molecule has 0 aliphatic heterocycles. The quantitative estimate of drug-likeness (QED) is 0.153. The van der Waals surface area contributed by atoms with Gasteiger partial charge >= 0.3 is 7.32 Å². The summed E-state index contributed by atoms with van der Waals surface area (Å²) in [7, 11) is -1.33. The average Bonchev–Trinajstić information content (AvgIpc) is 3.93. The van der Waals surface area contributed by atoms with E-state index in [1.807, 2.05) is 91.0 Å². The van der Waals surface area contributed by atoms with Crippen molar-refractivity contribution in [2.24, 2.45) is 0 Å². The van der Waals surface area contributed by atoms with Crippen molar-refractivity contribution < 1.29 is 14.3 Å². The highest BCUT2D eigenvalue weighted by atomic mass is 16.9. The highest BCUT2D eigenvalue weighted by Gasteiger charge is 2.35. The van der Waals surface area contributed by atoms with E-state index in [0.717, 1.165) is 66.1 Å². The van der Waals surface area contributed by atoms with Crippen molar-refractivity contribution in [3.05, 3.63) is 164 Å². The molecule has 9 rings (SSSR count). The lowest BCUT2D eigenvalue weighted by Gasteiger charge is -2.14. The molecule has 3 heterocycles. The van der Waals surface area contributed by atoms with Gasteiger partial charge in [-0.1, -0.05) is 127 Å². The third kappa shape index (κ3) is 5.51. The molecular weight excluding hydrogens is 611 g/mol. The van der Waals surface area contributed by atoms with Crippen LogP contribution in [0.1, 0.15) is 0 Å². The predicted molar refractivity (Wildman–Crippen MR) is 191 cm³/mol. The predicted octanol–water partition coefficient (Wildman–Crippen LogP) is 7.41. The van der Waals surface area contributed by atoms with E-state index < -0.39 is 7.32 Å². The van der Waals surface area contributed by atoms with E-state index in [2.05, 4.69) is 54.6 Å². The Bertz CT molecular complexity index is 2290. The second-order valence-corrected chi connectivity index (χ2v) is 11.5. The normalized spacial score (nSPS) is 11.3. The molecule has 0 saturated carbocycles. The smallest absolute Gasteiger partial charge is 0.380 e. The molecule has 3 aromatic heterocycles. The van der Waals surface area contributed by atoms with Crippen LogP contribution in [-0.2, 0) is 0 Å². The fraction of sp³-hybridized carbons (Fsp3) is 0. The summed E-state index contributed by atoms with van der Waals surface area (Å²) in [6, 6.07) is 48.7. The Morgan fingerprint density at radius 1 is 0.347 bits per heavy atom. The first-order valence-corrected chi connectivity index (χ1v) is 15.9. The number of aromatic nitrogens is 6. The first-order valence-electron chi connectivity index (χ1n) is 15.9. The van der Waals surface area contributed by atoms with Crippen LogP contribution in [0.25, 0.3) is 66.1 Å². The van der Waals surface area contributed by atoms with Crippen molar-refractivity contribution >= 4 is 39.6 Å². The summed E-state index contributed by atoms with van der Waals surface area (Å²) in [6.45, 7) is 0. The highest BCUT2D eigenvalue weighted by molar-refractivity contribution is 6.37. The summed E-state index contributed by atoms with van der Waals surface area (Å²) >= 11 is 0. The summed E-state index contributed by atoms with van der Waals surface area (Å²) in [4.78, 5) is 3.98. The van der Waals surface area contributed by atoms with Gasteiger partial charge in [0, 0.05) is 16.7 Å². The van der Waals surface area contributed by atoms with Gasteiger partial charge in [0.05, 0.1) is 35.7 Å². The van der Waals surface area contributed by atoms with Crippen LogP contribution in [0.15, 0.2) is 164 Å². The number of rotatable bonds is 9. The fourth-order valence-electron chi connectivity index (χ4n) is 6.20. The van der Waals surface area contributed by atoms with Gasteiger partial charge in [-0.15, -0.1) is 29.8 Å². The lowest BCUT2D eigenvalue weighted by atomic mass is 10.0. The van der Waals surface area contributed by atoms with Gasteiger partial charge in [-0.25, -0.2) is 0 Å². The van der Waals surface area contributed by atoms with Gasteiger partial charge in [0.25, 0.3) is 0 Å². The molecule has 6 aromatic carbocycles. The average molecular weight is 638 g/mol. The van der Waals surface area contributed by atoms with E-state index in [0.29, 0.717) is 0 Å². The Balaban J connectivity index is 1.03. The van der Waals surface area contributed by atoms with Crippen LogP contribution in [0, 0.1) is 0 Å². The highest BCUT2D eigenvalue weighted by Crippen LogP contribution is 2.29. The van der Waals surface area contributed by atoms with Gasteiger partial charge in [0.2, 0.25) is 0 Å². The van der Waals surface area contributed by atoms with Crippen LogP contribution >= 0.6 is 0 Å². The largest absolute Gasteiger partial charge is 0.929 e. The molecule has 0 radical (unpaired) electrons. The second kappa shape index (κ2) is 12.1. The van der Waals surface area contributed by atoms with E-state index in [9.17, 15) is 0 Å². The minimum atomic E-state index is -1.33. The summed E-state index contributed by atoms with van der Waals surface area (Å²) < 4.78 is 18.4. The second-order valence-electron chi connectivity index (χ2n) is 11.5. The molecule has 49 heavy (non-hydrogen) atoms. The summed E-state index contributed by atoms with van der Waals surface area (Å²) in [5.74, 6) is 0. The van der Waals surface area contributed by atoms with Crippen molar-refractivity contribution in [3.8, 4) is 33.8 Å². The van der Waals surface area contributed by atoms with E-state index >= 15 is 0 Å². The minimum Gasteiger partial charge on any atom is -0.380 e. The van der Waals surface area contributed by atoms with Crippen molar-refractivity contribution in [2.75, 3.05) is 0 Å². The molecule has 9 aromatic rings. The summed E-state index contributed by atoms with van der Waals surface area (Å²) in [6.07, 6.45) is 5.14. The molecule has 0 aliphatic carbocycles. The van der Waals surface area contributed by atoms with E-state index in [4.69, 9.17) is 29.6 Å². The van der Waals surface area contributed by atoms with Crippen LogP contribution < -0.4 is 14.3 Å². The molecule has 0 atom stereocenters. The Hall–Kier alpha value is -6.81. The van der Waals surface area contributed by atoms with Gasteiger partial charge in [0.1, 0.15) is 0 Å². The summed E-state index contributed by atoms with van der Waals surface area (Å²) in [5.41, 5.74) is 5.17. The van der Waals surface area contributed by atoms with Crippen molar-refractivity contribution in [1.82, 2.24) is 29.8 Å². The van der Waals surface area contributed by atoms with Crippen molar-refractivity contribution in [1.29, 1.82) is 0 Å². The maximum atomic E-state index is 6.15. The van der Waals surface area contributed by atoms with Crippen LogP contribution in [0.5, 0.6) is 0 Å². The zero-order valence-electron chi connectivity index (χ0n) is 26.1. The molecule has 0 spiro atoms. The standard InChI is InChI=1S/C39H27BN6O3/c1-4-16-31-28(10-1)13-7-19-34(31)37-22-25-44(41-37)47-40(48-45-26-23-38(42-45)35-20-8-14-29-11-2-5-17-32(29)35)49-46-27-24-39(43-46)36-21-9-15-30-12-3-6-18-33(30)36/h1-27H. The first-order chi connectivity index (χ1) is 24.2. The Labute approximate surface area is 281 Å². The maximum absolute atomic E-state index is 6.15. The van der Waals surface area contributed by atoms with E-state index in [-0.39, 0.29) is 0 Å². The molecule has 0 bridgehead atoms. The molecule has 234 valence electrons. The molecule has 10 heteroatoms. The molecule has 0 saturated heterocycles. The third-order valence-electron chi connectivity index (χ3n) is 8.48. The zero-order valence-corrected chi connectivity index (χ0v) is 26.1. The van der Waals surface area contributed by atoms with Crippen LogP contribution in [-0.4, -0.2) is 37.2 Å². The van der Waals surface area contributed by atoms with E-state index in [1.165, 1.54) is 14.5 Å². The van der Waals surface area contributed by atoms with Gasteiger partial charge < -0.3 is 14.3 Å². The Morgan fingerprint density at radius 2 is 0.653 bits per heavy atom. The number of fused-ring (bicyclic) bond motifs is 3. The SMILES string of the molecule is c1ccc2c(-c3ccn(OB(On4ccc(-c5cccc6ccccc56)n4)On4ccc(-c5cccc6ccccc56)n4)n3)cccc2c1.